The van der Waals surface area contributed by atoms with Crippen molar-refractivity contribution in [3.63, 3.8) is 0 Å². The third-order valence-electron chi connectivity index (χ3n) is 5.31. The van der Waals surface area contributed by atoms with Crippen LogP contribution in [0.1, 0.15) is 61.0 Å². The van der Waals surface area contributed by atoms with Crippen LogP contribution in [0, 0.1) is 17.7 Å². The van der Waals surface area contributed by atoms with E-state index in [0.717, 1.165) is 11.3 Å². The highest BCUT2D eigenvalue weighted by Gasteiger charge is 2.28. The fourth-order valence-electron chi connectivity index (χ4n) is 3.43. The number of aromatic nitrogens is 1. The van der Waals surface area contributed by atoms with Crippen molar-refractivity contribution in [2.45, 2.75) is 52.1 Å². The number of carbonyl (C=O) groups is 2. The van der Waals surface area contributed by atoms with E-state index in [9.17, 15) is 22.4 Å². The Morgan fingerprint density at radius 1 is 1.17 bits per heavy atom. The summed E-state index contributed by atoms with van der Waals surface area (Å²) in [4.78, 5) is 33.5. The van der Waals surface area contributed by atoms with Crippen LogP contribution >= 0.6 is 11.3 Å². The largest absolute Gasteiger partial charge is 0.491 e. The lowest BCUT2D eigenvalue weighted by Gasteiger charge is -2.25. The van der Waals surface area contributed by atoms with Crippen LogP contribution in [0.3, 0.4) is 0 Å². The zero-order valence-electron chi connectivity index (χ0n) is 24.7. The lowest BCUT2D eigenvalue weighted by atomic mass is 10.2. The van der Waals surface area contributed by atoms with Crippen molar-refractivity contribution in [1.82, 2.24) is 9.88 Å². The number of carbonyl (C=O) groups excluding carboxylic acids is 2. The normalized spacial score (nSPS) is 11.5. The third kappa shape index (κ3) is 12.3. The summed E-state index contributed by atoms with van der Waals surface area (Å²) in [6.45, 7) is 5.82. The van der Waals surface area contributed by atoms with E-state index >= 15 is 0 Å². The molecule has 42 heavy (non-hydrogen) atoms. The van der Waals surface area contributed by atoms with Gasteiger partial charge in [0.2, 0.25) is 0 Å². The number of aryl methyl sites for hydroxylation is 1. The van der Waals surface area contributed by atoms with E-state index in [1.165, 1.54) is 24.1 Å². The number of halogens is 1. The summed E-state index contributed by atoms with van der Waals surface area (Å²) >= 11 is 1.09. The molecule has 0 unspecified atom stereocenters. The first-order valence-corrected chi connectivity index (χ1v) is 15.6. The van der Waals surface area contributed by atoms with Crippen molar-refractivity contribution >= 4 is 38.6 Å². The van der Waals surface area contributed by atoms with Crippen LogP contribution in [0.15, 0.2) is 18.2 Å². The SMILES string of the molecule is COC(=O)c1nc(N(CCCCS(=O)(=O)O)C(=O)OC(C)(C)C)sc1CCCOc1ccc(C#CCN(C)C)cc1F. The molecule has 1 heterocycles. The van der Waals surface area contributed by atoms with Crippen LogP contribution in [0.5, 0.6) is 5.75 Å². The maximum absolute atomic E-state index is 14.5. The van der Waals surface area contributed by atoms with Gasteiger partial charge in [0.1, 0.15) is 5.60 Å². The van der Waals surface area contributed by atoms with Crippen LogP contribution in [0.2, 0.25) is 0 Å². The molecule has 0 fully saturated rings. The van der Waals surface area contributed by atoms with Gasteiger partial charge in [0, 0.05) is 17.0 Å². The summed E-state index contributed by atoms with van der Waals surface area (Å²) in [5, 5.41) is 0.171. The van der Waals surface area contributed by atoms with Crippen LogP contribution in [0.4, 0.5) is 14.3 Å². The van der Waals surface area contributed by atoms with Crippen molar-refractivity contribution in [1.29, 1.82) is 0 Å². The highest BCUT2D eigenvalue weighted by molar-refractivity contribution is 7.85. The Morgan fingerprint density at radius 3 is 2.48 bits per heavy atom. The number of nitrogens with zero attached hydrogens (tertiary/aromatic N) is 3. The van der Waals surface area contributed by atoms with E-state index in [1.54, 1.807) is 26.8 Å². The number of amides is 1. The number of hydrogen-bond donors (Lipinski definition) is 1. The van der Waals surface area contributed by atoms with E-state index in [2.05, 4.69) is 16.8 Å². The molecule has 1 aromatic heterocycles. The zero-order chi connectivity index (χ0) is 31.5. The smallest absolute Gasteiger partial charge is 0.416 e. The van der Waals surface area contributed by atoms with Crippen molar-refractivity contribution < 1.29 is 41.2 Å². The van der Waals surface area contributed by atoms with Gasteiger partial charge in [0.25, 0.3) is 10.1 Å². The van der Waals surface area contributed by atoms with E-state index in [0.29, 0.717) is 29.8 Å². The van der Waals surface area contributed by atoms with Gasteiger partial charge in [-0.05, 0) is 78.7 Å². The summed E-state index contributed by atoms with van der Waals surface area (Å²) < 4.78 is 61.7. The molecule has 0 saturated heterocycles. The standard InChI is InChI=1S/C28H38FN3O8S2/c1-28(2,3)40-27(34)32(16-7-8-18-42(35,36)37)26-30-24(25(33)38-6)23(41-26)12-10-17-39-22-14-13-20(19-21(22)29)11-9-15-31(4)5/h13-14,19H,7-8,10,12,15-18H2,1-6H3,(H,35,36,37). The molecule has 1 aromatic carbocycles. The molecule has 1 N–H and O–H groups in total. The molecule has 232 valence electrons. The minimum absolute atomic E-state index is 0.0239. The Bertz CT molecular complexity index is 1390. The summed E-state index contributed by atoms with van der Waals surface area (Å²) in [6, 6.07) is 4.50. The van der Waals surface area contributed by atoms with E-state index < -0.39 is 39.4 Å². The van der Waals surface area contributed by atoms with Crippen LogP contribution in [0.25, 0.3) is 0 Å². The highest BCUT2D eigenvalue weighted by atomic mass is 32.2. The summed E-state index contributed by atoms with van der Waals surface area (Å²) in [5.74, 6) is 4.23. The predicted octanol–water partition coefficient (Wildman–Crippen LogP) is 4.40. The molecule has 0 saturated carbocycles. The maximum Gasteiger partial charge on any atom is 0.416 e. The number of hydrogen-bond acceptors (Lipinski definition) is 10. The van der Waals surface area contributed by atoms with Crippen molar-refractivity contribution in [2.24, 2.45) is 0 Å². The Balaban J connectivity index is 2.15. The lowest BCUT2D eigenvalue weighted by Crippen LogP contribution is -2.37. The number of thiazole rings is 1. The number of benzene rings is 1. The first-order valence-electron chi connectivity index (χ1n) is 13.2. The predicted molar refractivity (Wildman–Crippen MR) is 158 cm³/mol. The van der Waals surface area contributed by atoms with Gasteiger partial charge in [0.05, 0.1) is 26.0 Å². The minimum atomic E-state index is -4.15. The molecular weight excluding hydrogens is 589 g/mol. The lowest BCUT2D eigenvalue weighted by molar-refractivity contribution is 0.0569. The van der Waals surface area contributed by atoms with E-state index in [-0.39, 0.29) is 42.6 Å². The zero-order valence-corrected chi connectivity index (χ0v) is 26.4. The molecule has 0 bridgehead atoms. The molecule has 1 amide bonds. The second kappa shape index (κ2) is 15.8. The summed E-state index contributed by atoms with van der Waals surface area (Å²) in [5.41, 5.74) is -0.261. The van der Waals surface area contributed by atoms with Crippen LogP contribution < -0.4 is 9.64 Å². The van der Waals surface area contributed by atoms with E-state index in [4.69, 9.17) is 18.8 Å². The maximum atomic E-state index is 14.5. The number of anilines is 1. The Labute approximate surface area is 250 Å². The molecule has 0 atom stereocenters. The number of rotatable bonds is 13. The van der Waals surface area contributed by atoms with Gasteiger partial charge in [0.15, 0.2) is 22.4 Å². The van der Waals surface area contributed by atoms with Gasteiger partial charge in [-0.2, -0.15) is 8.42 Å². The average Bonchev–Trinajstić information content (AvgIpc) is 3.28. The number of methoxy groups -OCH3 is 1. The van der Waals surface area contributed by atoms with Crippen LogP contribution in [-0.4, -0.2) is 87.2 Å². The average molecular weight is 628 g/mol. The second-order valence-electron chi connectivity index (χ2n) is 10.5. The monoisotopic (exact) mass is 627 g/mol. The molecular formula is C28H38FN3O8S2. The molecule has 0 aliphatic rings. The second-order valence-corrected chi connectivity index (χ2v) is 13.2. The van der Waals surface area contributed by atoms with Gasteiger partial charge in [-0.3, -0.25) is 14.4 Å². The first kappa shape index (κ1) is 34.9. The van der Waals surface area contributed by atoms with E-state index in [1.807, 2.05) is 19.0 Å². The molecule has 14 heteroatoms. The Hall–Kier alpha value is -3.25. The molecule has 2 rings (SSSR count). The number of unbranched alkanes of at least 4 members (excludes halogenated alkanes) is 1. The molecule has 11 nitrogen and oxygen atoms in total. The van der Waals surface area contributed by atoms with Gasteiger partial charge < -0.3 is 14.2 Å². The molecule has 0 radical (unpaired) electrons. The fraction of sp³-hybridized carbons (Fsp3) is 0.536. The third-order valence-corrected chi connectivity index (χ3v) is 7.25. The Morgan fingerprint density at radius 2 is 1.88 bits per heavy atom. The van der Waals surface area contributed by atoms with Crippen molar-refractivity contribution in [3.8, 4) is 17.6 Å². The molecule has 0 aliphatic heterocycles. The number of ether oxygens (including phenoxy) is 3. The van der Waals surface area contributed by atoms with Crippen LogP contribution in [-0.2, 0) is 26.0 Å². The summed E-state index contributed by atoms with van der Waals surface area (Å²) in [6.07, 6.45) is 0.317. The van der Waals surface area contributed by atoms with Crippen molar-refractivity contribution in [3.05, 3.63) is 40.2 Å². The summed E-state index contributed by atoms with van der Waals surface area (Å²) in [7, 11) is 0.846. The quantitative estimate of drug-likeness (QED) is 0.147. The minimum Gasteiger partial charge on any atom is -0.491 e. The highest BCUT2D eigenvalue weighted by Crippen LogP contribution is 2.30. The van der Waals surface area contributed by atoms with Gasteiger partial charge in [-0.1, -0.05) is 11.8 Å². The van der Waals surface area contributed by atoms with Gasteiger partial charge in [-0.25, -0.2) is 19.0 Å². The first-order chi connectivity index (χ1) is 19.6. The Kier molecular flexibility index (Phi) is 13.2. The fourth-order valence-corrected chi connectivity index (χ4v) is 5.10. The topological polar surface area (TPSA) is 136 Å². The molecule has 0 aliphatic carbocycles. The number of esters is 1. The van der Waals surface area contributed by atoms with Crippen molar-refractivity contribution in [2.75, 3.05) is 51.6 Å². The van der Waals surface area contributed by atoms with Gasteiger partial charge >= 0.3 is 12.1 Å². The van der Waals surface area contributed by atoms with Gasteiger partial charge in [-0.15, -0.1) is 11.3 Å². The molecule has 2 aromatic rings. The molecule has 0 spiro atoms.